The first kappa shape index (κ1) is 27.4. The molecule has 0 aliphatic carbocycles. The molecule has 2 N–H and O–H groups in total. The van der Waals surface area contributed by atoms with E-state index in [9.17, 15) is 23.1 Å². The number of ether oxygens (including phenoxy) is 1. The fourth-order valence-electron chi connectivity index (χ4n) is 4.68. The van der Waals surface area contributed by atoms with Crippen molar-refractivity contribution in [3.05, 3.63) is 47.4 Å². The molecule has 2 aliphatic rings. The van der Waals surface area contributed by atoms with E-state index in [1.54, 1.807) is 56.2 Å². The predicted molar refractivity (Wildman–Crippen MR) is 142 cm³/mol. The van der Waals surface area contributed by atoms with E-state index < -0.39 is 17.4 Å². The van der Waals surface area contributed by atoms with Gasteiger partial charge in [-0.05, 0) is 37.5 Å². The van der Waals surface area contributed by atoms with Gasteiger partial charge in [-0.15, -0.1) is 0 Å². The van der Waals surface area contributed by atoms with Gasteiger partial charge in [0.25, 0.3) is 5.91 Å². The molecular formula is C26H29F3N8O3. The standard InChI is InChI=1S/C26H29F3N8O3/c1-25(14-38)23(39)37-11-5-6-16-20(37)22(36(25)4)34-24(32-16)31-13-15-7-10-19(30-12-15)40-17-8-9-18(26(27,28)29)33-21(17)35(2)3/h7-10,12,38H,5-6,11,13-14H2,1-4H3,(H,31,32,34)/t25-/m0/s1. The minimum Gasteiger partial charge on any atom is -0.435 e. The number of alkyl halides is 3. The number of aromatic nitrogens is 4. The number of nitrogens with zero attached hydrogens (tertiary/aromatic N) is 7. The SMILES string of the molecule is CN(C)c1nc(C(F)(F)F)ccc1Oc1ccc(CNc2nc3c4c(n2)N(C)[C@@](C)(CO)C(=O)N4CCC3)cn1. The molecule has 14 heteroatoms. The van der Waals surface area contributed by atoms with Gasteiger partial charge in [0.1, 0.15) is 16.9 Å². The van der Waals surface area contributed by atoms with Crippen LogP contribution in [0.25, 0.3) is 0 Å². The number of aliphatic hydroxyl groups is 1. The van der Waals surface area contributed by atoms with Gasteiger partial charge in [0, 0.05) is 46.5 Å². The van der Waals surface area contributed by atoms with Crippen LogP contribution in [0.4, 0.5) is 36.4 Å². The van der Waals surface area contributed by atoms with Gasteiger partial charge in [-0.2, -0.15) is 18.2 Å². The Labute approximate surface area is 228 Å². The predicted octanol–water partition coefficient (Wildman–Crippen LogP) is 3.24. The summed E-state index contributed by atoms with van der Waals surface area (Å²) >= 11 is 0. The van der Waals surface area contributed by atoms with E-state index in [0.29, 0.717) is 37.0 Å². The molecule has 2 aliphatic heterocycles. The van der Waals surface area contributed by atoms with E-state index in [2.05, 4.69) is 25.3 Å². The third-order valence-electron chi connectivity index (χ3n) is 7.09. The summed E-state index contributed by atoms with van der Waals surface area (Å²) in [6.07, 6.45) is -1.53. The Hall–Kier alpha value is -4.20. The molecule has 5 rings (SSSR count). The summed E-state index contributed by atoms with van der Waals surface area (Å²) < 4.78 is 45.0. The molecule has 0 aromatic carbocycles. The Morgan fingerprint density at radius 3 is 2.60 bits per heavy atom. The summed E-state index contributed by atoms with van der Waals surface area (Å²) in [5.41, 5.74) is 0.104. The molecule has 0 saturated heterocycles. The van der Waals surface area contributed by atoms with Crippen molar-refractivity contribution >= 4 is 29.2 Å². The van der Waals surface area contributed by atoms with Crippen molar-refractivity contribution in [3.63, 3.8) is 0 Å². The van der Waals surface area contributed by atoms with Crippen LogP contribution in [0.3, 0.4) is 0 Å². The Kier molecular flexibility index (Phi) is 6.90. The van der Waals surface area contributed by atoms with Crippen molar-refractivity contribution in [1.82, 2.24) is 19.9 Å². The lowest BCUT2D eigenvalue weighted by atomic mass is 9.93. The van der Waals surface area contributed by atoms with Gasteiger partial charge in [-0.3, -0.25) is 4.79 Å². The molecule has 3 aromatic heterocycles. The normalized spacial score (nSPS) is 18.4. The second-order valence-corrected chi connectivity index (χ2v) is 10.1. The fourth-order valence-corrected chi connectivity index (χ4v) is 4.68. The van der Waals surface area contributed by atoms with Crippen molar-refractivity contribution in [1.29, 1.82) is 0 Å². The molecule has 212 valence electrons. The zero-order chi connectivity index (χ0) is 28.8. The molecule has 3 aromatic rings. The summed E-state index contributed by atoms with van der Waals surface area (Å²) in [4.78, 5) is 35.2. The highest BCUT2D eigenvalue weighted by molar-refractivity contribution is 6.08. The van der Waals surface area contributed by atoms with Crippen LogP contribution in [0.1, 0.15) is 30.3 Å². The Balaban J connectivity index is 1.32. The first-order valence-electron chi connectivity index (χ1n) is 12.6. The molecule has 0 saturated carbocycles. The highest BCUT2D eigenvalue weighted by Gasteiger charge is 2.48. The molecule has 0 bridgehead atoms. The van der Waals surface area contributed by atoms with E-state index in [-0.39, 0.29) is 30.0 Å². The summed E-state index contributed by atoms with van der Waals surface area (Å²) in [6, 6.07) is 5.45. The van der Waals surface area contributed by atoms with Gasteiger partial charge in [0.05, 0.1) is 12.3 Å². The highest BCUT2D eigenvalue weighted by atomic mass is 19.4. The molecule has 0 spiro atoms. The van der Waals surface area contributed by atoms with Gasteiger partial charge in [0.2, 0.25) is 11.8 Å². The van der Waals surface area contributed by atoms with Crippen molar-refractivity contribution < 1.29 is 27.8 Å². The molecule has 1 atom stereocenters. The Bertz CT molecular complexity index is 1430. The Morgan fingerprint density at radius 1 is 1.18 bits per heavy atom. The number of halogens is 3. The minimum atomic E-state index is -4.57. The molecule has 5 heterocycles. The number of nitrogens with one attached hydrogen (secondary N) is 1. The summed E-state index contributed by atoms with van der Waals surface area (Å²) in [5, 5.41) is 13.2. The molecule has 0 unspecified atom stereocenters. The maximum atomic E-state index is 13.1. The number of hydrogen-bond donors (Lipinski definition) is 2. The number of rotatable bonds is 7. The first-order chi connectivity index (χ1) is 18.9. The maximum absolute atomic E-state index is 13.1. The van der Waals surface area contributed by atoms with Crippen LogP contribution >= 0.6 is 0 Å². The van der Waals surface area contributed by atoms with Crippen molar-refractivity contribution in [2.24, 2.45) is 0 Å². The van der Waals surface area contributed by atoms with Gasteiger partial charge >= 0.3 is 6.18 Å². The van der Waals surface area contributed by atoms with E-state index in [1.165, 1.54) is 11.0 Å². The van der Waals surface area contributed by atoms with Crippen molar-refractivity contribution in [3.8, 4) is 11.6 Å². The number of carbonyl (C=O) groups excluding carboxylic acids is 1. The smallest absolute Gasteiger partial charge is 0.433 e. The van der Waals surface area contributed by atoms with Gasteiger partial charge in [-0.1, -0.05) is 6.07 Å². The summed E-state index contributed by atoms with van der Waals surface area (Å²) in [6.45, 7) is 2.23. The maximum Gasteiger partial charge on any atom is 0.433 e. The van der Waals surface area contributed by atoms with Crippen LogP contribution in [-0.4, -0.2) is 70.8 Å². The summed E-state index contributed by atoms with van der Waals surface area (Å²) in [5.74, 6) is 1.14. The number of aryl methyl sites for hydroxylation is 1. The van der Waals surface area contributed by atoms with Crippen LogP contribution < -0.4 is 24.8 Å². The lowest BCUT2D eigenvalue weighted by molar-refractivity contribution is -0.141. The van der Waals surface area contributed by atoms with Crippen LogP contribution in [0.5, 0.6) is 11.6 Å². The summed E-state index contributed by atoms with van der Waals surface area (Å²) in [7, 11) is 4.89. The third-order valence-corrected chi connectivity index (χ3v) is 7.09. The fraction of sp³-hybridized carbons (Fsp3) is 0.423. The molecule has 40 heavy (non-hydrogen) atoms. The van der Waals surface area contributed by atoms with Gasteiger partial charge < -0.3 is 29.9 Å². The van der Waals surface area contributed by atoms with Gasteiger partial charge in [0.15, 0.2) is 17.4 Å². The van der Waals surface area contributed by atoms with Crippen LogP contribution in [-0.2, 0) is 23.9 Å². The molecule has 0 fully saturated rings. The van der Waals surface area contributed by atoms with Gasteiger partial charge in [-0.25, -0.2) is 15.0 Å². The van der Waals surface area contributed by atoms with Crippen LogP contribution in [0.15, 0.2) is 30.5 Å². The second-order valence-electron chi connectivity index (χ2n) is 10.1. The quantitative estimate of drug-likeness (QED) is 0.447. The molecule has 1 amide bonds. The zero-order valence-electron chi connectivity index (χ0n) is 22.5. The zero-order valence-corrected chi connectivity index (χ0v) is 22.5. The van der Waals surface area contributed by atoms with Crippen molar-refractivity contribution in [2.45, 2.75) is 38.0 Å². The molecule has 11 nitrogen and oxygen atoms in total. The average molecular weight is 559 g/mol. The number of amides is 1. The Morgan fingerprint density at radius 2 is 1.95 bits per heavy atom. The monoisotopic (exact) mass is 558 g/mol. The number of aliphatic hydroxyl groups excluding tert-OH is 1. The number of likely N-dealkylation sites (N-methyl/N-ethyl adjacent to an activating group) is 1. The lowest BCUT2D eigenvalue weighted by Crippen LogP contribution is -2.64. The number of pyridine rings is 2. The van der Waals surface area contributed by atoms with E-state index in [4.69, 9.17) is 4.74 Å². The van der Waals surface area contributed by atoms with Crippen LogP contribution in [0, 0.1) is 0 Å². The third kappa shape index (κ3) is 4.83. The van der Waals surface area contributed by atoms with Crippen LogP contribution in [0.2, 0.25) is 0 Å². The first-order valence-corrected chi connectivity index (χ1v) is 12.6. The average Bonchev–Trinajstić information content (AvgIpc) is 2.93. The van der Waals surface area contributed by atoms with E-state index >= 15 is 0 Å². The second kappa shape index (κ2) is 10.1. The molecule has 0 radical (unpaired) electrons. The van der Waals surface area contributed by atoms with E-state index in [1.807, 2.05) is 0 Å². The minimum absolute atomic E-state index is 0.0263. The number of carbonyl (C=O) groups is 1. The number of anilines is 4. The number of hydrogen-bond acceptors (Lipinski definition) is 10. The van der Waals surface area contributed by atoms with E-state index in [0.717, 1.165) is 23.7 Å². The van der Waals surface area contributed by atoms with Crippen molar-refractivity contribution in [2.75, 3.05) is 54.3 Å². The lowest BCUT2D eigenvalue weighted by Gasteiger charge is -2.47. The largest absolute Gasteiger partial charge is 0.435 e. The topological polar surface area (TPSA) is 120 Å². The molecular weight excluding hydrogens is 529 g/mol. The highest BCUT2D eigenvalue weighted by Crippen LogP contribution is 2.43.